The molecule has 0 aromatic heterocycles. The van der Waals surface area contributed by atoms with Crippen LogP contribution in [-0.4, -0.2) is 46.9 Å². The number of unbranched alkanes of at least 4 members (excludes halogenated alkanes) is 28. The van der Waals surface area contributed by atoms with Crippen LogP contribution in [0.3, 0.4) is 0 Å². The predicted octanol–water partition coefficient (Wildman–Crippen LogP) is 17.1. The van der Waals surface area contributed by atoms with Gasteiger partial charge in [-0.15, -0.1) is 0 Å². The van der Waals surface area contributed by atoms with E-state index in [9.17, 15) is 19.8 Å². The lowest BCUT2D eigenvalue weighted by Crippen LogP contribution is -2.46. The van der Waals surface area contributed by atoms with Crippen molar-refractivity contribution >= 4 is 11.9 Å². The van der Waals surface area contributed by atoms with E-state index in [1.165, 1.54) is 154 Å². The highest BCUT2D eigenvalue weighted by molar-refractivity contribution is 5.77. The molecule has 6 nitrogen and oxygen atoms in total. The quantitative estimate of drug-likeness (QED) is 0.0245. The molecule has 0 bridgehead atoms. The van der Waals surface area contributed by atoms with Gasteiger partial charge in [-0.2, -0.15) is 0 Å². The van der Waals surface area contributed by atoms with Gasteiger partial charge in [-0.25, -0.2) is 0 Å². The molecule has 0 fully saturated rings. The average Bonchev–Trinajstić information content (AvgIpc) is 3.31. The monoisotopic (exact) mass is 920 g/mol. The Bertz CT molecular complexity index is 1260. The van der Waals surface area contributed by atoms with Gasteiger partial charge in [0.15, 0.2) is 0 Å². The van der Waals surface area contributed by atoms with Gasteiger partial charge >= 0.3 is 5.97 Å². The van der Waals surface area contributed by atoms with Gasteiger partial charge in [-0.05, 0) is 64.2 Å². The van der Waals surface area contributed by atoms with Gasteiger partial charge in [-0.3, -0.25) is 9.59 Å². The summed E-state index contributed by atoms with van der Waals surface area (Å²) in [6, 6.07) is -0.731. The van der Waals surface area contributed by atoms with E-state index in [0.717, 1.165) is 57.8 Å². The highest BCUT2D eigenvalue weighted by Crippen LogP contribution is 2.17. The Balaban J connectivity index is 4.68. The van der Waals surface area contributed by atoms with E-state index in [2.05, 4.69) is 50.4 Å². The number of nitrogens with one attached hydrogen (secondary N) is 1. The standard InChI is InChI=1S/C60H105NO5/c1-4-7-10-13-16-19-22-25-28-29-32-35-38-41-44-47-50-53-60(65)66-56(51-48-45-42-39-36-33-30-26-23-20-17-14-11-8-5-2)54-59(64)61-57(55-62)58(63)52-49-46-43-40-37-34-31-27-24-21-18-15-12-9-6-3/h8,11,14,17,20,23,25-26,28,30,33,36,39,42,56-58,62-63H,4-7,9-10,12-13,15-16,18-19,21-22,24,27,29,31-32,34-35,37-38,40-41,43-55H2,1-3H3,(H,61,64)/b11-8-,17-14+,23-20+,28-25+,30-26-,36-33+,42-39+. The molecule has 0 aliphatic rings. The van der Waals surface area contributed by atoms with Crippen molar-refractivity contribution in [2.24, 2.45) is 0 Å². The summed E-state index contributed by atoms with van der Waals surface area (Å²) in [4.78, 5) is 26.2. The Morgan fingerprint density at radius 3 is 1.30 bits per heavy atom. The van der Waals surface area contributed by atoms with E-state index in [-0.39, 0.29) is 24.9 Å². The van der Waals surface area contributed by atoms with Gasteiger partial charge in [-0.1, -0.05) is 266 Å². The number of amides is 1. The second kappa shape index (κ2) is 53.0. The third-order valence-electron chi connectivity index (χ3n) is 12.4. The molecule has 0 aromatic rings. The van der Waals surface area contributed by atoms with Crippen molar-refractivity contribution < 1.29 is 24.5 Å². The number of aliphatic hydroxyl groups excluding tert-OH is 2. The van der Waals surface area contributed by atoms with Crippen molar-refractivity contribution in [2.45, 2.75) is 277 Å². The van der Waals surface area contributed by atoms with Gasteiger partial charge in [0.2, 0.25) is 5.91 Å². The van der Waals surface area contributed by atoms with E-state index in [1.54, 1.807) is 0 Å². The molecule has 3 atom stereocenters. The molecule has 0 saturated heterocycles. The third kappa shape index (κ3) is 47.5. The van der Waals surface area contributed by atoms with Crippen LogP contribution in [0, 0.1) is 0 Å². The second-order valence-corrected chi connectivity index (χ2v) is 18.8. The lowest BCUT2D eigenvalue weighted by molar-refractivity contribution is -0.151. The van der Waals surface area contributed by atoms with Crippen LogP contribution >= 0.6 is 0 Å². The van der Waals surface area contributed by atoms with E-state index >= 15 is 0 Å². The molecule has 1 amide bonds. The Labute approximate surface area is 408 Å². The summed E-state index contributed by atoms with van der Waals surface area (Å²) in [6.45, 7) is 6.33. The molecule has 3 N–H and O–H groups in total. The van der Waals surface area contributed by atoms with Crippen LogP contribution in [0.2, 0.25) is 0 Å². The summed E-state index contributed by atoms with van der Waals surface area (Å²) < 4.78 is 5.91. The van der Waals surface area contributed by atoms with Gasteiger partial charge in [0.05, 0.1) is 25.2 Å². The molecule has 3 unspecified atom stereocenters. The summed E-state index contributed by atoms with van der Waals surface area (Å²) in [5, 5.41) is 23.8. The van der Waals surface area contributed by atoms with E-state index < -0.39 is 18.2 Å². The first-order valence-electron chi connectivity index (χ1n) is 27.9. The molecule has 66 heavy (non-hydrogen) atoms. The zero-order valence-electron chi connectivity index (χ0n) is 43.3. The minimum Gasteiger partial charge on any atom is -0.462 e. The summed E-state index contributed by atoms with van der Waals surface area (Å²) in [5.74, 6) is -0.553. The first-order valence-corrected chi connectivity index (χ1v) is 27.9. The number of hydrogen-bond acceptors (Lipinski definition) is 5. The van der Waals surface area contributed by atoms with Crippen molar-refractivity contribution in [1.29, 1.82) is 0 Å². The summed E-state index contributed by atoms with van der Waals surface area (Å²) in [7, 11) is 0. The van der Waals surface area contributed by atoms with Crippen molar-refractivity contribution in [2.75, 3.05) is 6.61 Å². The minimum absolute atomic E-state index is 0.0220. The molecule has 0 aromatic carbocycles. The lowest BCUT2D eigenvalue weighted by atomic mass is 10.0. The fourth-order valence-corrected chi connectivity index (χ4v) is 8.17. The number of ether oxygens (including phenoxy) is 1. The molecule has 0 aliphatic carbocycles. The van der Waals surface area contributed by atoms with E-state index in [1.807, 2.05) is 60.8 Å². The first kappa shape index (κ1) is 63.0. The molecule has 6 heteroatoms. The Kier molecular flexibility index (Phi) is 50.6. The Morgan fingerprint density at radius 1 is 0.455 bits per heavy atom. The maximum Gasteiger partial charge on any atom is 0.306 e. The van der Waals surface area contributed by atoms with Crippen molar-refractivity contribution in [3.8, 4) is 0 Å². The van der Waals surface area contributed by atoms with Crippen LogP contribution in [0.5, 0.6) is 0 Å². The fourth-order valence-electron chi connectivity index (χ4n) is 8.17. The van der Waals surface area contributed by atoms with Crippen LogP contribution in [0.1, 0.15) is 258 Å². The molecule has 0 spiro atoms. The number of allylic oxidation sites excluding steroid dienone is 14. The minimum atomic E-state index is -0.813. The van der Waals surface area contributed by atoms with E-state index in [0.29, 0.717) is 19.3 Å². The van der Waals surface area contributed by atoms with Crippen LogP contribution in [0.15, 0.2) is 85.1 Å². The number of carbonyl (C=O) groups is 2. The van der Waals surface area contributed by atoms with Gasteiger partial charge in [0.1, 0.15) is 6.10 Å². The van der Waals surface area contributed by atoms with Gasteiger partial charge in [0.25, 0.3) is 0 Å². The summed E-state index contributed by atoms with van der Waals surface area (Å²) in [5.41, 5.74) is 0. The SMILES string of the molecule is CC\C=C/C=C/C=C/C=C\C=C\C=C\CCCC(CC(=O)NC(CO)C(O)CCCCCCCCCCCCCCCCC)OC(=O)CCCCCCCCC/C=C/CCCCCCCC. The fraction of sp³-hybridized carbons (Fsp3) is 0.733. The highest BCUT2D eigenvalue weighted by Gasteiger charge is 2.24. The average molecular weight is 921 g/mol. The molecule has 0 rings (SSSR count). The van der Waals surface area contributed by atoms with Crippen molar-refractivity contribution in [3.63, 3.8) is 0 Å². The zero-order valence-corrected chi connectivity index (χ0v) is 43.3. The van der Waals surface area contributed by atoms with Gasteiger partial charge < -0.3 is 20.3 Å². The molecular formula is C60H105NO5. The summed E-state index contributed by atoms with van der Waals surface area (Å²) >= 11 is 0. The topological polar surface area (TPSA) is 95.9 Å². The highest BCUT2D eigenvalue weighted by atomic mass is 16.5. The third-order valence-corrected chi connectivity index (χ3v) is 12.4. The molecule has 0 aliphatic heterocycles. The largest absolute Gasteiger partial charge is 0.462 e. The van der Waals surface area contributed by atoms with Crippen LogP contribution in [0.4, 0.5) is 0 Å². The van der Waals surface area contributed by atoms with Crippen molar-refractivity contribution in [3.05, 3.63) is 85.1 Å². The molecule has 0 radical (unpaired) electrons. The normalized spacial score (nSPS) is 13.8. The second-order valence-electron chi connectivity index (χ2n) is 18.8. The smallest absolute Gasteiger partial charge is 0.306 e. The molecule has 0 saturated carbocycles. The first-order chi connectivity index (χ1) is 32.5. The number of carbonyl (C=O) groups excluding carboxylic acids is 2. The Hall–Kier alpha value is -2.96. The number of esters is 1. The molecule has 0 heterocycles. The summed E-state index contributed by atoms with van der Waals surface area (Å²) in [6.07, 6.45) is 69.3. The van der Waals surface area contributed by atoms with Crippen LogP contribution in [-0.2, 0) is 14.3 Å². The number of aliphatic hydroxyl groups is 2. The molecular weight excluding hydrogens is 815 g/mol. The Morgan fingerprint density at radius 2 is 0.848 bits per heavy atom. The number of hydrogen-bond donors (Lipinski definition) is 3. The lowest BCUT2D eigenvalue weighted by Gasteiger charge is -2.24. The van der Waals surface area contributed by atoms with E-state index in [4.69, 9.17) is 4.74 Å². The predicted molar refractivity (Wildman–Crippen MR) is 287 cm³/mol. The zero-order chi connectivity index (χ0) is 48.1. The maximum absolute atomic E-state index is 13.2. The van der Waals surface area contributed by atoms with Crippen molar-refractivity contribution in [1.82, 2.24) is 5.32 Å². The maximum atomic E-state index is 13.2. The van der Waals surface area contributed by atoms with Crippen LogP contribution in [0.25, 0.3) is 0 Å². The number of rotatable bonds is 49. The molecule has 380 valence electrons. The van der Waals surface area contributed by atoms with Crippen LogP contribution < -0.4 is 5.32 Å². The van der Waals surface area contributed by atoms with Gasteiger partial charge in [0, 0.05) is 6.42 Å².